The third-order valence-corrected chi connectivity index (χ3v) is 5.29. The number of carbonyl (C=O) groups is 1. The third-order valence-electron chi connectivity index (χ3n) is 4.02. The Morgan fingerprint density at radius 3 is 2.79 bits per heavy atom. The number of rotatable bonds is 7. The Morgan fingerprint density at radius 1 is 1.18 bits per heavy atom. The van der Waals surface area contributed by atoms with Crippen molar-refractivity contribution in [3.05, 3.63) is 63.9 Å². The molecule has 8 heteroatoms. The van der Waals surface area contributed by atoms with Gasteiger partial charge in [-0.15, -0.1) is 5.10 Å². The summed E-state index contributed by atoms with van der Waals surface area (Å²) in [6.45, 7) is 6.13. The van der Waals surface area contributed by atoms with Gasteiger partial charge in [-0.1, -0.05) is 35.5 Å². The Kier molecular flexibility index (Phi) is 6.59. The van der Waals surface area contributed by atoms with Crippen LogP contribution in [0.2, 0.25) is 5.02 Å². The van der Waals surface area contributed by atoms with Crippen molar-refractivity contribution in [3.63, 3.8) is 0 Å². The van der Waals surface area contributed by atoms with Crippen LogP contribution in [0.25, 0.3) is 0 Å². The molecule has 2 N–H and O–H groups in total. The first-order valence-electron chi connectivity index (χ1n) is 8.71. The van der Waals surface area contributed by atoms with E-state index in [9.17, 15) is 4.79 Å². The number of aromatic amines is 1. The number of benzene rings is 2. The van der Waals surface area contributed by atoms with Crippen LogP contribution in [0.1, 0.15) is 22.5 Å². The summed E-state index contributed by atoms with van der Waals surface area (Å²) in [5.74, 6) is 1.42. The van der Waals surface area contributed by atoms with Crippen molar-refractivity contribution in [2.75, 3.05) is 11.1 Å². The number of halogens is 1. The van der Waals surface area contributed by atoms with Crippen molar-refractivity contribution >= 4 is 35.0 Å². The number of hydrogen-bond acceptors (Lipinski definition) is 5. The van der Waals surface area contributed by atoms with Gasteiger partial charge >= 0.3 is 0 Å². The average molecular weight is 417 g/mol. The Balaban J connectivity index is 1.49. The van der Waals surface area contributed by atoms with Crippen LogP contribution in [-0.2, 0) is 11.4 Å². The highest BCUT2D eigenvalue weighted by Gasteiger charge is 2.10. The standard InChI is InChI=1S/C20H21ClN4O2S/c1-12-4-5-13(2)17(8-12)22-19(26)11-28-20-23-18(24-25-20)10-27-15-6-7-16(21)14(3)9-15/h4-9H,10-11H2,1-3H3,(H,22,26)(H,23,24,25). The highest BCUT2D eigenvalue weighted by molar-refractivity contribution is 7.99. The van der Waals surface area contributed by atoms with E-state index in [2.05, 4.69) is 20.5 Å². The molecule has 1 amide bonds. The van der Waals surface area contributed by atoms with E-state index in [-0.39, 0.29) is 18.3 Å². The van der Waals surface area contributed by atoms with E-state index in [0.717, 1.165) is 22.4 Å². The number of H-pyrrole nitrogens is 1. The maximum absolute atomic E-state index is 12.2. The van der Waals surface area contributed by atoms with Crippen molar-refractivity contribution in [3.8, 4) is 5.75 Å². The van der Waals surface area contributed by atoms with E-state index >= 15 is 0 Å². The van der Waals surface area contributed by atoms with Crippen LogP contribution in [0.5, 0.6) is 5.75 Å². The number of hydrogen-bond donors (Lipinski definition) is 2. The van der Waals surface area contributed by atoms with Gasteiger partial charge in [0.2, 0.25) is 11.1 Å². The van der Waals surface area contributed by atoms with E-state index < -0.39 is 0 Å². The Morgan fingerprint density at radius 2 is 2.00 bits per heavy atom. The second-order valence-electron chi connectivity index (χ2n) is 6.42. The fourth-order valence-corrected chi connectivity index (χ4v) is 3.19. The molecular formula is C20H21ClN4O2S. The molecule has 0 radical (unpaired) electrons. The lowest BCUT2D eigenvalue weighted by atomic mass is 10.1. The molecule has 0 aliphatic heterocycles. The topological polar surface area (TPSA) is 79.9 Å². The minimum Gasteiger partial charge on any atom is -0.486 e. The van der Waals surface area contributed by atoms with Gasteiger partial charge in [-0.3, -0.25) is 9.89 Å². The van der Waals surface area contributed by atoms with Gasteiger partial charge in [0.1, 0.15) is 12.4 Å². The van der Waals surface area contributed by atoms with Gasteiger partial charge in [0.05, 0.1) is 5.75 Å². The first kappa shape index (κ1) is 20.2. The molecule has 0 atom stereocenters. The van der Waals surface area contributed by atoms with Gasteiger partial charge < -0.3 is 10.1 Å². The van der Waals surface area contributed by atoms with Gasteiger partial charge in [0, 0.05) is 10.7 Å². The zero-order valence-electron chi connectivity index (χ0n) is 15.9. The highest BCUT2D eigenvalue weighted by Crippen LogP contribution is 2.22. The molecule has 0 aliphatic rings. The first-order valence-corrected chi connectivity index (χ1v) is 10.1. The number of aromatic nitrogens is 3. The van der Waals surface area contributed by atoms with E-state index in [1.807, 2.05) is 45.0 Å². The lowest BCUT2D eigenvalue weighted by Crippen LogP contribution is -2.15. The van der Waals surface area contributed by atoms with Gasteiger partial charge in [0.25, 0.3) is 0 Å². The minimum absolute atomic E-state index is 0.0991. The fraction of sp³-hybridized carbons (Fsp3) is 0.250. The molecule has 3 aromatic rings. The molecule has 0 aliphatic carbocycles. The van der Waals surface area contributed by atoms with Gasteiger partial charge in [-0.25, -0.2) is 4.98 Å². The normalized spacial score (nSPS) is 10.7. The van der Waals surface area contributed by atoms with Crippen LogP contribution in [0.3, 0.4) is 0 Å². The van der Waals surface area contributed by atoms with Gasteiger partial charge in [-0.05, 0) is 61.7 Å². The zero-order chi connectivity index (χ0) is 20.1. The predicted molar refractivity (Wildman–Crippen MR) is 112 cm³/mol. The summed E-state index contributed by atoms with van der Waals surface area (Å²) in [5, 5.41) is 11.1. The van der Waals surface area contributed by atoms with Crippen LogP contribution in [-0.4, -0.2) is 26.8 Å². The molecule has 3 rings (SSSR count). The smallest absolute Gasteiger partial charge is 0.234 e. The summed E-state index contributed by atoms with van der Waals surface area (Å²) in [6, 6.07) is 11.4. The fourth-order valence-electron chi connectivity index (χ4n) is 2.45. The molecule has 28 heavy (non-hydrogen) atoms. The summed E-state index contributed by atoms with van der Waals surface area (Å²) < 4.78 is 5.69. The number of thioether (sulfide) groups is 1. The molecule has 1 aromatic heterocycles. The molecule has 146 valence electrons. The number of aryl methyl sites for hydroxylation is 3. The van der Waals surface area contributed by atoms with Crippen molar-refractivity contribution in [1.82, 2.24) is 15.2 Å². The summed E-state index contributed by atoms with van der Waals surface area (Å²) >= 11 is 7.28. The van der Waals surface area contributed by atoms with E-state index in [4.69, 9.17) is 16.3 Å². The largest absolute Gasteiger partial charge is 0.486 e. The van der Waals surface area contributed by atoms with Crippen molar-refractivity contribution < 1.29 is 9.53 Å². The maximum Gasteiger partial charge on any atom is 0.234 e. The molecule has 1 heterocycles. The number of anilines is 1. The summed E-state index contributed by atoms with van der Waals surface area (Å²) in [7, 11) is 0. The Labute approximate surface area is 173 Å². The van der Waals surface area contributed by atoms with E-state index in [0.29, 0.717) is 21.8 Å². The third kappa shape index (κ3) is 5.50. The summed E-state index contributed by atoms with van der Waals surface area (Å²) in [4.78, 5) is 16.5. The number of ether oxygens (including phenoxy) is 1. The number of carbonyl (C=O) groups excluding carboxylic acids is 1. The molecule has 0 spiro atoms. The SMILES string of the molecule is Cc1ccc(C)c(NC(=O)CSc2n[nH]c(COc3ccc(Cl)c(C)c3)n2)c1. The second kappa shape index (κ2) is 9.12. The van der Waals surface area contributed by atoms with E-state index in [1.54, 1.807) is 12.1 Å². The number of amides is 1. The molecule has 0 fully saturated rings. The highest BCUT2D eigenvalue weighted by atomic mass is 35.5. The van der Waals surface area contributed by atoms with Crippen LogP contribution in [0.4, 0.5) is 5.69 Å². The Hall–Kier alpha value is -2.51. The average Bonchev–Trinajstić information content (AvgIpc) is 3.12. The lowest BCUT2D eigenvalue weighted by Gasteiger charge is -2.08. The van der Waals surface area contributed by atoms with Crippen LogP contribution >= 0.6 is 23.4 Å². The minimum atomic E-state index is -0.0991. The van der Waals surface area contributed by atoms with Crippen molar-refractivity contribution in [2.45, 2.75) is 32.5 Å². The molecule has 6 nitrogen and oxygen atoms in total. The molecule has 0 saturated heterocycles. The molecule has 0 saturated carbocycles. The van der Waals surface area contributed by atoms with Crippen LogP contribution in [0.15, 0.2) is 41.6 Å². The second-order valence-corrected chi connectivity index (χ2v) is 7.77. The van der Waals surface area contributed by atoms with Gasteiger partial charge in [-0.2, -0.15) is 0 Å². The van der Waals surface area contributed by atoms with Crippen molar-refractivity contribution in [1.29, 1.82) is 0 Å². The van der Waals surface area contributed by atoms with Crippen LogP contribution in [0, 0.1) is 20.8 Å². The quantitative estimate of drug-likeness (QED) is 0.546. The van der Waals surface area contributed by atoms with Gasteiger partial charge in [0.15, 0.2) is 5.82 Å². The number of nitrogens with zero attached hydrogens (tertiary/aromatic N) is 2. The monoisotopic (exact) mass is 416 g/mol. The maximum atomic E-state index is 12.2. The summed E-state index contributed by atoms with van der Waals surface area (Å²) in [5.41, 5.74) is 3.90. The lowest BCUT2D eigenvalue weighted by molar-refractivity contribution is -0.113. The molecule has 0 bridgehead atoms. The first-order chi connectivity index (χ1) is 13.4. The molecule has 2 aromatic carbocycles. The van der Waals surface area contributed by atoms with Crippen LogP contribution < -0.4 is 10.1 Å². The molecular weight excluding hydrogens is 396 g/mol. The Bertz CT molecular complexity index is 990. The summed E-state index contributed by atoms with van der Waals surface area (Å²) in [6.07, 6.45) is 0. The van der Waals surface area contributed by atoms with Crippen molar-refractivity contribution in [2.24, 2.45) is 0 Å². The number of nitrogens with one attached hydrogen (secondary N) is 2. The zero-order valence-corrected chi connectivity index (χ0v) is 17.4. The van der Waals surface area contributed by atoms with E-state index in [1.165, 1.54) is 11.8 Å². The molecule has 0 unspecified atom stereocenters. The predicted octanol–water partition coefficient (Wildman–Crippen LogP) is 4.69.